The van der Waals surface area contributed by atoms with E-state index in [4.69, 9.17) is 4.74 Å². The highest BCUT2D eigenvalue weighted by Gasteiger charge is 2.19. The first-order chi connectivity index (χ1) is 14.5. The van der Waals surface area contributed by atoms with Gasteiger partial charge in [-0.3, -0.25) is 9.88 Å². The molecular weight excluding hydrogens is 382 g/mol. The highest BCUT2D eigenvalue weighted by molar-refractivity contribution is 5.88. The van der Waals surface area contributed by atoms with Crippen molar-refractivity contribution < 1.29 is 14.3 Å². The molecule has 0 atom stereocenters. The molecule has 3 rings (SSSR count). The van der Waals surface area contributed by atoms with Crippen molar-refractivity contribution in [3.63, 3.8) is 0 Å². The molecule has 0 saturated heterocycles. The summed E-state index contributed by atoms with van der Waals surface area (Å²) in [6.07, 6.45) is 2.24. The Kier molecular flexibility index (Phi) is 7.24. The van der Waals surface area contributed by atoms with Crippen molar-refractivity contribution in [3.8, 4) is 0 Å². The van der Waals surface area contributed by atoms with Gasteiger partial charge in [-0.05, 0) is 42.2 Å². The predicted octanol–water partition coefficient (Wildman–Crippen LogP) is 2.77. The Hall–Kier alpha value is -3.13. The average Bonchev–Trinajstić information content (AvgIpc) is 2.76. The highest BCUT2D eigenvalue weighted by atomic mass is 16.5. The third-order valence-electron chi connectivity index (χ3n) is 5.29. The molecule has 1 aliphatic heterocycles. The van der Waals surface area contributed by atoms with Gasteiger partial charge in [-0.2, -0.15) is 0 Å². The topological polar surface area (TPSA) is 86.8 Å². The van der Waals surface area contributed by atoms with Crippen LogP contribution >= 0.6 is 0 Å². The van der Waals surface area contributed by atoms with Crippen molar-refractivity contribution in [1.82, 2.24) is 20.1 Å². The summed E-state index contributed by atoms with van der Waals surface area (Å²) < 4.78 is 4.74. The number of hydrogen-bond acceptors (Lipinski definition) is 5. The third kappa shape index (κ3) is 5.70. The number of benzene rings is 1. The number of aromatic nitrogens is 1. The summed E-state index contributed by atoms with van der Waals surface area (Å²) in [5.41, 5.74) is 5.27. The van der Waals surface area contributed by atoms with Crippen LogP contribution in [0.1, 0.15) is 22.4 Å². The Labute approximate surface area is 177 Å². The van der Waals surface area contributed by atoms with Gasteiger partial charge >= 0.3 is 12.1 Å². The molecule has 160 valence electrons. The van der Waals surface area contributed by atoms with E-state index in [1.165, 1.54) is 18.2 Å². The third-order valence-corrected chi connectivity index (χ3v) is 5.29. The molecule has 0 aliphatic carbocycles. The number of ether oxygens (including phenoxy) is 1. The van der Waals surface area contributed by atoms with Crippen LogP contribution in [-0.4, -0.2) is 60.7 Å². The summed E-state index contributed by atoms with van der Waals surface area (Å²) in [6, 6.07) is 9.67. The number of pyridine rings is 1. The van der Waals surface area contributed by atoms with Gasteiger partial charge in [0.05, 0.1) is 19.0 Å². The van der Waals surface area contributed by atoms with E-state index >= 15 is 0 Å². The van der Waals surface area contributed by atoms with Crippen LogP contribution in [0, 0.1) is 6.92 Å². The van der Waals surface area contributed by atoms with Gasteiger partial charge in [0.15, 0.2) is 0 Å². The largest absolute Gasteiger partial charge is 0.453 e. The summed E-state index contributed by atoms with van der Waals surface area (Å²) in [6.45, 7) is 5.54. The first-order valence-electron chi connectivity index (χ1n) is 10.0. The molecule has 2 N–H and O–H groups in total. The summed E-state index contributed by atoms with van der Waals surface area (Å²) in [5, 5.41) is 5.74. The minimum absolute atomic E-state index is 0.249. The van der Waals surface area contributed by atoms with E-state index < -0.39 is 0 Å². The molecule has 1 aromatic heterocycles. The number of urea groups is 1. The standard InChI is InChI=1S/C22H29N5O3/c1-16-7-8-19(14-23-16)25-21(28)24-13-17-5-4-6-18-15-27(10-9-20(17)18)12-11-26(2)22(29)30-3/h4-8,14H,9-13,15H2,1-3H3,(H2,24,25,28). The number of methoxy groups -OCH3 is 1. The summed E-state index contributed by atoms with van der Waals surface area (Å²) in [7, 11) is 3.13. The number of likely N-dealkylation sites (N-methyl/N-ethyl adjacent to an activating group) is 1. The summed E-state index contributed by atoms with van der Waals surface area (Å²) >= 11 is 0. The van der Waals surface area contributed by atoms with E-state index in [2.05, 4.69) is 32.7 Å². The van der Waals surface area contributed by atoms with Crippen molar-refractivity contribution >= 4 is 17.8 Å². The zero-order valence-corrected chi connectivity index (χ0v) is 17.8. The van der Waals surface area contributed by atoms with Gasteiger partial charge in [-0.15, -0.1) is 0 Å². The van der Waals surface area contributed by atoms with Crippen molar-refractivity contribution in [2.75, 3.05) is 39.1 Å². The Morgan fingerprint density at radius 1 is 1.27 bits per heavy atom. The van der Waals surface area contributed by atoms with Gasteiger partial charge < -0.3 is 20.3 Å². The number of rotatable bonds is 6. The van der Waals surface area contributed by atoms with Crippen LogP contribution in [0.3, 0.4) is 0 Å². The molecule has 0 saturated carbocycles. The van der Waals surface area contributed by atoms with E-state index in [1.54, 1.807) is 18.1 Å². The van der Waals surface area contributed by atoms with Crippen LogP contribution < -0.4 is 10.6 Å². The monoisotopic (exact) mass is 411 g/mol. The molecule has 0 spiro atoms. The van der Waals surface area contributed by atoms with Crippen LogP contribution in [0.15, 0.2) is 36.5 Å². The Morgan fingerprint density at radius 3 is 2.83 bits per heavy atom. The van der Waals surface area contributed by atoms with Crippen LogP contribution in [0.2, 0.25) is 0 Å². The van der Waals surface area contributed by atoms with Gasteiger partial charge in [-0.25, -0.2) is 9.59 Å². The average molecular weight is 412 g/mol. The molecule has 0 radical (unpaired) electrons. The smallest absolute Gasteiger partial charge is 0.409 e. The maximum atomic E-state index is 12.2. The summed E-state index contributed by atoms with van der Waals surface area (Å²) in [5.74, 6) is 0. The van der Waals surface area contributed by atoms with Gasteiger partial charge in [0.1, 0.15) is 0 Å². The van der Waals surface area contributed by atoms with Crippen LogP contribution in [0.5, 0.6) is 0 Å². The van der Waals surface area contributed by atoms with Crippen LogP contribution in [-0.2, 0) is 24.2 Å². The maximum Gasteiger partial charge on any atom is 0.409 e. The van der Waals surface area contributed by atoms with Crippen LogP contribution in [0.25, 0.3) is 0 Å². The number of hydrogen-bond donors (Lipinski definition) is 2. The molecule has 30 heavy (non-hydrogen) atoms. The quantitative estimate of drug-likeness (QED) is 0.763. The molecule has 3 amide bonds. The molecule has 1 aromatic carbocycles. The molecule has 8 nitrogen and oxygen atoms in total. The van der Waals surface area contributed by atoms with Crippen molar-refractivity contribution in [2.24, 2.45) is 0 Å². The molecule has 2 heterocycles. The minimum atomic E-state index is -0.319. The van der Waals surface area contributed by atoms with E-state index in [0.717, 1.165) is 37.3 Å². The normalized spacial score (nSPS) is 13.3. The fraction of sp³-hybridized carbons (Fsp3) is 0.409. The zero-order chi connectivity index (χ0) is 21.5. The predicted molar refractivity (Wildman–Crippen MR) is 115 cm³/mol. The fourth-order valence-corrected chi connectivity index (χ4v) is 3.53. The Bertz CT molecular complexity index is 885. The molecule has 0 unspecified atom stereocenters. The number of aryl methyl sites for hydroxylation is 1. The number of nitrogens with zero attached hydrogens (tertiary/aromatic N) is 3. The molecule has 0 bridgehead atoms. The second kappa shape index (κ2) is 10.1. The fourth-order valence-electron chi connectivity index (χ4n) is 3.53. The first kappa shape index (κ1) is 21.6. The van der Waals surface area contributed by atoms with E-state index in [1.807, 2.05) is 25.1 Å². The van der Waals surface area contributed by atoms with Crippen molar-refractivity contribution in [2.45, 2.75) is 26.4 Å². The Balaban J connectivity index is 1.53. The number of nitrogens with one attached hydrogen (secondary N) is 2. The maximum absolute atomic E-state index is 12.2. The van der Waals surface area contributed by atoms with E-state index in [0.29, 0.717) is 18.8 Å². The van der Waals surface area contributed by atoms with Crippen molar-refractivity contribution in [1.29, 1.82) is 0 Å². The molecule has 1 aliphatic rings. The van der Waals surface area contributed by atoms with E-state index in [-0.39, 0.29) is 12.1 Å². The number of carbonyl (C=O) groups is 2. The van der Waals surface area contributed by atoms with Gasteiger partial charge in [0.2, 0.25) is 0 Å². The molecule has 8 heteroatoms. The van der Waals surface area contributed by atoms with Crippen molar-refractivity contribution in [3.05, 3.63) is 58.9 Å². The lowest BCUT2D eigenvalue weighted by Gasteiger charge is -2.31. The van der Waals surface area contributed by atoms with Gasteiger partial charge in [0, 0.05) is 45.5 Å². The summed E-state index contributed by atoms with van der Waals surface area (Å²) in [4.78, 5) is 31.8. The lowest BCUT2D eigenvalue weighted by atomic mass is 9.94. The molecular formula is C22H29N5O3. The second-order valence-corrected chi connectivity index (χ2v) is 7.47. The lowest BCUT2D eigenvalue weighted by molar-refractivity contribution is 0.125. The number of fused-ring (bicyclic) bond motifs is 1. The first-order valence-corrected chi connectivity index (χ1v) is 10.0. The number of amides is 3. The highest BCUT2D eigenvalue weighted by Crippen LogP contribution is 2.22. The molecule has 0 fully saturated rings. The van der Waals surface area contributed by atoms with E-state index in [9.17, 15) is 9.59 Å². The minimum Gasteiger partial charge on any atom is -0.453 e. The Morgan fingerprint density at radius 2 is 2.10 bits per heavy atom. The zero-order valence-electron chi connectivity index (χ0n) is 17.8. The lowest BCUT2D eigenvalue weighted by Crippen LogP contribution is -2.39. The number of carbonyl (C=O) groups excluding carboxylic acids is 2. The van der Waals surface area contributed by atoms with Crippen LogP contribution in [0.4, 0.5) is 15.3 Å². The SMILES string of the molecule is COC(=O)N(C)CCN1CCc2c(CNC(=O)Nc3ccc(C)nc3)cccc2C1. The van der Waals surface area contributed by atoms with Gasteiger partial charge in [0.25, 0.3) is 0 Å². The molecule has 2 aromatic rings. The second-order valence-electron chi connectivity index (χ2n) is 7.47. The van der Waals surface area contributed by atoms with Gasteiger partial charge in [-0.1, -0.05) is 18.2 Å². The number of anilines is 1.